The van der Waals surface area contributed by atoms with Gasteiger partial charge in [0.15, 0.2) is 6.61 Å². The molecule has 0 radical (unpaired) electrons. The van der Waals surface area contributed by atoms with Gasteiger partial charge in [-0.3, -0.25) is 9.59 Å². The molecule has 4 aromatic rings. The van der Waals surface area contributed by atoms with Gasteiger partial charge in [0, 0.05) is 64.2 Å². The Balaban J connectivity index is 1.42. The number of nitrogens with zero attached hydrogens (tertiary/aromatic N) is 7. The summed E-state index contributed by atoms with van der Waals surface area (Å²) in [4.78, 5) is 42.5. The molecule has 0 saturated carbocycles. The monoisotopic (exact) mass is 543 g/mol. The van der Waals surface area contributed by atoms with Crippen molar-refractivity contribution >= 4 is 17.5 Å². The van der Waals surface area contributed by atoms with Gasteiger partial charge >= 0.3 is 6.03 Å². The van der Waals surface area contributed by atoms with Gasteiger partial charge in [-0.05, 0) is 26.0 Å². The summed E-state index contributed by atoms with van der Waals surface area (Å²) in [5.41, 5.74) is 3.57. The van der Waals surface area contributed by atoms with Crippen molar-refractivity contribution < 1.29 is 14.3 Å². The van der Waals surface area contributed by atoms with Gasteiger partial charge in [-0.15, -0.1) is 0 Å². The third kappa shape index (κ3) is 5.40. The minimum absolute atomic E-state index is 0.0542. The average Bonchev–Trinajstić information content (AvgIpc) is 3.35. The second-order valence-corrected chi connectivity index (χ2v) is 10.2. The Labute approximate surface area is 232 Å². The Morgan fingerprint density at radius 2 is 1.65 bits per heavy atom. The zero-order valence-electron chi connectivity index (χ0n) is 23.1. The lowest BCUT2D eigenvalue weighted by molar-refractivity contribution is -0.134. The maximum atomic E-state index is 12.9. The molecule has 0 atom stereocenters. The molecule has 1 saturated heterocycles. The fourth-order valence-corrected chi connectivity index (χ4v) is 4.76. The quantitative estimate of drug-likeness (QED) is 0.370. The predicted molar refractivity (Wildman–Crippen MR) is 151 cm³/mol. The first-order valence-electron chi connectivity index (χ1n) is 13.3. The van der Waals surface area contributed by atoms with E-state index < -0.39 is 0 Å². The highest BCUT2D eigenvalue weighted by molar-refractivity contribution is 5.91. The summed E-state index contributed by atoms with van der Waals surface area (Å²) in [6, 6.07) is 16.5. The van der Waals surface area contributed by atoms with E-state index in [4.69, 9.17) is 9.84 Å². The topological polar surface area (TPSA) is 105 Å². The van der Waals surface area contributed by atoms with Crippen molar-refractivity contribution in [1.82, 2.24) is 34.1 Å². The van der Waals surface area contributed by atoms with E-state index in [1.54, 1.807) is 46.7 Å². The van der Waals surface area contributed by atoms with E-state index in [-0.39, 0.29) is 30.1 Å². The van der Waals surface area contributed by atoms with Crippen LogP contribution in [0.2, 0.25) is 0 Å². The Kier molecular flexibility index (Phi) is 7.54. The molecule has 3 aromatic heterocycles. The van der Waals surface area contributed by atoms with Crippen molar-refractivity contribution in [1.29, 1.82) is 0 Å². The lowest BCUT2D eigenvalue weighted by Crippen LogP contribution is -2.53. The van der Waals surface area contributed by atoms with E-state index in [0.717, 1.165) is 22.3 Å². The van der Waals surface area contributed by atoms with Crippen LogP contribution in [0.4, 0.5) is 4.79 Å². The number of fused-ring (bicyclic) bond motifs is 1. The van der Waals surface area contributed by atoms with Crippen LogP contribution in [0.3, 0.4) is 0 Å². The highest BCUT2D eigenvalue weighted by atomic mass is 16.5. The first-order chi connectivity index (χ1) is 19.2. The zero-order chi connectivity index (χ0) is 28.4. The van der Waals surface area contributed by atoms with E-state index in [0.29, 0.717) is 37.6 Å². The van der Waals surface area contributed by atoms with Crippen molar-refractivity contribution in [2.75, 3.05) is 46.9 Å². The molecule has 0 aliphatic carbocycles. The van der Waals surface area contributed by atoms with E-state index in [9.17, 15) is 14.4 Å². The van der Waals surface area contributed by atoms with Gasteiger partial charge in [-0.25, -0.2) is 14.0 Å². The largest absolute Gasteiger partial charge is 0.484 e. The summed E-state index contributed by atoms with van der Waals surface area (Å²) in [5.74, 6) is 0.376. The number of carbonyl (C=O) groups excluding carboxylic acids is 2. The molecule has 1 aliphatic heterocycles. The third-order valence-corrected chi connectivity index (χ3v) is 6.87. The molecule has 0 bridgehead atoms. The molecule has 11 heteroatoms. The smallest absolute Gasteiger partial charge is 0.319 e. The molecular formula is C29H33N7O4. The van der Waals surface area contributed by atoms with E-state index >= 15 is 0 Å². The van der Waals surface area contributed by atoms with Crippen LogP contribution < -0.4 is 10.3 Å². The van der Waals surface area contributed by atoms with Crippen LogP contribution in [-0.4, -0.2) is 92.9 Å². The number of hydrogen-bond acceptors (Lipinski definition) is 6. The maximum Gasteiger partial charge on any atom is 0.319 e. The summed E-state index contributed by atoms with van der Waals surface area (Å²) in [7, 11) is 3.44. The molecule has 1 fully saturated rings. The Morgan fingerprint density at radius 3 is 2.33 bits per heavy atom. The number of amides is 3. The summed E-state index contributed by atoms with van der Waals surface area (Å²) in [5, 5.41) is 9.49. The second kappa shape index (κ2) is 11.2. The van der Waals surface area contributed by atoms with Crippen LogP contribution in [0.5, 0.6) is 5.75 Å². The van der Waals surface area contributed by atoms with E-state index in [1.807, 2.05) is 50.2 Å². The Hall–Kier alpha value is -4.67. The number of ether oxygens (including phenoxy) is 1. The lowest BCUT2D eigenvalue weighted by Gasteiger charge is -2.35. The Bertz CT molecular complexity index is 1590. The number of rotatable bonds is 6. The third-order valence-electron chi connectivity index (χ3n) is 6.87. The summed E-state index contributed by atoms with van der Waals surface area (Å²) >= 11 is 0. The van der Waals surface area contributed by atoms with Gasteiger partial charge in [-0.2, -0.15) is 10.2 Å². The van der Waals surface area contributed by atoms with Crippen molar-refractivity contribution in [3.63, 3.8) is 0 Å². The van der Waals surface area contributed by atoms with Crippen LogP contribution in [0, 0.1) is 0 Å². The van der Waals surface area contributed by atoms with Gasteiger partial charge in [0.2, 0.25) is 0 Å². The van der Waals surface area contributed by atoms with Crippen molar-refractivity contribution in [3.8, 4) is 28.3 Å². The first kappa shape index (κ1) is 26.9. The Morgan fingerprint density at radius 1 is 0.950 bits per heavy atom. The minimum atomic E-state index is -0.175. The lowest BCUT2D eigenvalue weighted by atomic mass is 10.0. The molecule has 1 aromatic carbocycles. The van der Waals surface area contributed by atoms with Crippen molar-refractivity contribution in [2.24, 2.45) is 0 Å². The van der Waals surface area contributed by atoms with E-state index in [2.05, 4.69) is 5.10 Å². The van der Waals surface area contributed by atoms with Crippen LogP contribution in [0.15, 0.2) is 65.6 Å². The number of hydrogen-bond donors (Lipinski definition) is 0. The number of benzene rings is 1. The van der Waals surface area contributed by atoms with Crippen molar-refractivity contribution in [2.45, 2.75) is 19.9 Å². The average molecular weight is 544 g/mol. The van der Waals surface area contributed by atoms with Gasteiger partial charge in [0.1, 0.15) is 11.4 Å². The summed E-state index contributed by atoms with van der Waals surface area (Å²) < 4.78 is 9.14. The molecule has 11 nitrogen and oxygen atoms in total. The predicted octanol–water partition coefficient (Wildman–Crippen LogP) is 3.01. The molecule has 40 heavy (non-hydrogen) atoms. The fraction of sp³-hybridized carbons (Fsp3) is 0.345. The van der Waals surface area contributed by atoms with Crippen LogP contribution in [0.25, 0.3) is 28.0 Å². The van der Waals surface area contributed by atoms with Gasteiger partial charge in [0.25, 0.3) is 11.5 Å². The zero-order valence-corrected chi connectivity index (χ0v) is 23.1. The molecule has 0 spiro atoms. The maximum absolute atomic E-state index is 12.9. The number of carbonyl (C=O) groups is 2. The molecule has 0 N–H and O–H groups in total. The number of urea groups is 1. The molecule has 5 rings (SSSR count). The second-order valence-electron chi connectivity index (χ2n) is 10.2. The fourth-order valence-electron chi connectivity index (χ4n) is 4.76. The number of pyridine rings is 1. The van der Waals surface area contributed by atoms with Gasteiger partial charge < -0.3 is 19.4 Å². The van der Waals surface area contributed by atoms with Crippen LogP contribution in [0.1, 0.15) is 19.9 Å². The minimum Gasteiger partial charge on any atom is -0.484 e. The molecule has 1 aliphatic rings. The molecule has 3 amide bonds. The first-order valence-corrected chi connectivity index (χ1v) is 13.3. The number of piperazine rings is 1. The number of aromatic nitrogens is 4. The summed E-state index contributed by atoms with van der Waals surface area (Å²) in [6.45, 7) is 5.60. The highest BCUT2D eigenvalue weighted by Crippen LogP contribution is 2.35. The van der Waals surface area contributed by atoms with Crippen LogP contribution in [-0.2, 0) is 4.79 Å². The van der Waals surface area contributed by atoms with E-state index in [1.165, 1.54) is 15.6 Å². The van der Waals surface area contributed by atoms with Gasteiger partial charge in [-0.1, -0.05) is 30.3 Å². The molecular weight excluding hydrogens is 510 g/mol. The highest BCUT2D eigenvalue weighted by Gasteiger charge is 2.25. The van der Waals surface area contributed by atoms with Gasteiger partial charge in [0.05, 0.1) is 22.8 Å². The molecule has 208 valence electrons. The normalized spacial score (nSPS) is 13.6. The SMILES string of the molecule is CC(C)n1nc(-c2c(-c3ccccc3)nn3ccc(OCC(=O)N4CCN(C(=O)N(C)C)CC4)cc23)ccc1=O. The molecule has 0 unspecified atom stereocenters. The molecule has 4 heterocycles. The standard InChI is InChI=1S/C29H33N7O4/c1-20(2)36-25(37)11-10-23(30-36)27-24-18-22(12-13-35(24)31-28(27)21-8-6-5-7-9-21)40-19-26(38)33-14-16-34(17-15-33)29(39)32(3)4/h5-13,18,20H,14-17,19H2,1-4H3. The summed E-state index contributed by atoms with van der Waals surface area (Å²) in [6.07, 6.45) is 1.79. The van der Waals surface area contributed by atoms with Crippen LogP contribution >= 0.6 is 0 Å². The van der Waals surface area contributed by atoms with Crippen molar-refractivity contribution in [3.05, 3.63) is 71.1 Å².